The van der Waals surface area contributed by atoms with Crippen LogP contribution in [0.2, 0.25) is 0 Å². The van der Waals surface area contributed by atoms with Crippen molar-refractivity contribution in [3.63, 3.8) is 0 Å². The SMILES string of the molecule is CCOC(=O)/C=C/CC[C@@H](C)OC1O[C@@H](C)C(O)C[C@H]1O. The van der Waals surface area contributed by atoms with E-state index >= 15 is 0 Å². The summed E-state index contributed by atoms with van der Waals surface area (Å²) in [6, 6.07) is 0. The molecule has 1 fully saturated rings. The van der Waals surface area contributed by atoms with Crippen LogP contribution >= 0.6 is 0 Å². The Labute approximate surface area is 125 Å². The number of ether oxygens (including phenoxy) is 3. The number of rotatable bonds is 7. The second-order valence-electron chi connectivity index (χ2n) is 5.26. The first kappa shape index (κ1) is 18.1. The summed E-state index contributed by atoms with van der Waals surface area (Å²) in [5, 5.41) is 19.4. The molecule has 6 heteroatoms. The van der Waals surface area contributed by atoms with Crippen LogP contribution in [0, 0.1) is 0 Å². The quantitative estimate of drug-likeness (QED) is 0.542. The Balaban J connectivity index is 2.27. The summed E-state index contributed by atoms with van der Waals surface area (Å²) >= 11 is 0. The fraction of sp³-hybridized carbons (Fsp3) is 0.800. The molecule has 2 unspecified atom stereocenters. The molecule has 1 heterocycles. The minimum atomic E-state index is -0.825. The summed E-state index contributed by atoms with van der Waals surface area (Å²) in [5.74, 6) is -0.347. The molecular formula is C15H26O6. The Morgan fingerprint density at radius 3 is 2.81 bits per heavy atom. The highest BCUT2D eigenvalue weighted by atomic mass is 16.7. The number of aliphatic hydroxyl groups excluding tert-OH is 2. The maximum atomic E-state index is 11.1. The summed E-state index contributed by atoms with van der Waals surface area (Å²) < 4.78 is 15.9. The van der Waals surface area contributed by atoms with Crippen molar-refractivity contribution in [2.45, 2.75) is 70.7 Å². The van der Waals surface area contributed by atoms with Crippen LogP contribution in [0.25, 0.3) is 0 Å². The highest BCUT2D eigenvalue weighted by Gasteiger charge is 2.35. The lowest BCUT2D eigenvalue weighted by molar-refractivity contribution is -0.273. The van der Waals surface area contributed by atoms with E-state index in [1.807, 2.05) is 6.92 Å². The molecule has 0 spiro atoms. The highest BCUT2D eigenvalue weighted by molar-refractivity contribution is 5.81. The third-order valence-corrected chi connectivity index (χ3v) is 3.33. The van der Waals surface area contributed by atoms with Gasteiger partial charge in [0.05, 0.1) is 24.9 Å². The Morgan fingerprint density at radius 2 is 2.14 bits per heavy atom. The predicted octanol–water partition coefficient (Wildman–Crippen LogP) is 1.15. The zero-order valence-corrected chi connectivity index (χ0v) is 12.9. The molecule has 0 aromatic rings. The van der Waals surface area contributed by atoms with E-state index in [9.17, 15) is 15.0 Å². The van der Waals surface area contributed by atoms with Gasteiger partial charge in [-0.2, -0.15) is 0 Å². The summed E-state index contributed by atoms with van der Waals surface area (Å²) in [5.41, 5.74) is 0. The Kier molecular flexibility index (Phi) is 7.88. The number of aliphatic hydroxyl groups is 2. The third kappa shape index (κ3) is 6.56. The summed E-state index contributed by atoms with van der Waals surface area (Å²) in [6.45, 7) is 5.75. The number of allylic oxidation sites excluding steroid dienone is 1. The summed E-state index contributed by atoms with van der Waals surface area (Å²) in [7, 11) is 0. The van der Waals surface area contributed by atoms with Gasteiger partial charge >= 0.3 is 5.97 Å². The molecule has 0 saturated carbocycles. The van der Waals surface area contributed by atoms with E-state index in [2.05, 4.69) is 0 Å². The average Bonchev–Trinajstić information content (AvgIpc) is 2.41. The summed E-state index contributed by atoms with van der Waals surface area (Å²) in [4.78, 5) is 11.1. The number of hydrogen-bond donors (Lipinski definition) is 2. The molecule has 1 aliphatic heterocycles. The van der Waals surface area contributed by atoms with Crippen molar-refractivity contribution in [1.82, 2.24) is 0 Å². The minimum absolute atomic E-state index is 0.126. The maximum Gasteiger partial charge on any atom is 0.330 e. The van der Waals surface area contributed by atoms with Crippen LogP contribution in [0.15, 0.2) is 12.2 Å². The molecule has 0 radical (unpaired) electrons. The standard InChI is InChI=1S/C15H26O6/c1-4-19-14(18)8-6-5-7-10(2)20-15-13(17)9-12(16)11(3)21-15/h6,8,10-13,15-17H,4-5,7,9H2,1-3H3/b8-6+/t10-,11+,12?,13-,15?/m1/s1. The monoisotopic (exact) mass is 302 g/mol. The molecule has 0 aliphatic carbocycles. The van der Waals surface area contributed by atoms with Crippen LogP contribution in [-0.2, 0) is 19.0 Å². The fourth-order valence-corrected chi connectivity index (χ4v) is 2.06. The molecular weight excluding hydrogens is 276 g/mol. The van der Waals surface area contributed by atoms with Crippen molar-refractivity contribution in [3.8, 4) is 0 Å². The zero-order chi connectivity index (χ0) is 15.8. The molecule has 0 aromatic heterocycles. The number of carbonyl (C=O) groups is 1. The van der Waals surface area contributed by atoms with E-state index in [0.29, 0.717) is 19.4 Å². The van der Waals surface area contributed by atoms with Crippen LogP contribution in [0.3, 0.4) is 0 Å². The van der Waals surface area contributed by atoms with Gasteiger partial charge in [0.2, 0.25) is 0 Å². The van der Waals surface area contributed by atoms with Crippen molar-refractivity contribution in [2.24, 2.45) is 0 Å². The number of esters is 1. The average molecular weight is 302 g/mol. The largest absolute Gasteiger partial charge is 0.463 e. The molecule has 0 aromatic carbocycles. The molecule has 21 heavy (non-hydrogen) atoms. The normalized spacial score (nSPS) is 31.3. The number of carbonyl (C=O) groups excluding carboxylic acids is 1. The van der Waals surface area contributed by atoms with Crippen molar-refractivity contribution in [1.29, 1.82) is 0 Å². The van der Waals surface area contributed by atoms with Crippen molar-refractivity contribution in [2.75, 3.05) is 6.61 Å². The van der Waals surface area contributed by atoms with Crippen molar-refractivity contribution in [3.05, 3.63) is 12.2 Å². The topological polar surface area (TPSA) is 85.2 Å². The van der Waals surface area contributed by atoms with Crippen LogP contribution < -0.4 is 0 Å². The highest BCUT2D eigenvalue weighted by Crippen LogP contribution is 2.22. The van der Waals surface area contributed by atoms with Gasteiger partial charge in [-0.1, -0.05) is 6.08 Å². The fourth-order valence-electron chi connectivity index (χ4n) is 2.06. The lowest BCUT2D eigenvalue weighted by Crippen LogP contribution is -2.48. The van der Waals surface area contributed by atoms with Gasteiger partial charge in [0, 0.05) is 12.5 Å². The predicted molar refractivity (Wildman–Crippen MR) is 76.5 cm³/mol. The van der Waals surface area contributed by atoms with Gasteiger partial charge < -0.3 is 24.4 Å². The van der Waals surface area contributed by atoms with Crippen LogP contribution in [-0.4, -0.2) is 53.5 Å². The van der Waals surface area contributed by atoms with E-state index in [1.165, 1.54) is 6.08 Å². The molecule has 1 aliphatic rings. The Bertz CT molecular complexity index is 343. The molecule has 2 N–H and O–H groups in total. The van der Waals surface area contributed by atoms with Gasteiger partial charge in [-0.3, -0.25) is 0 Å². The lowest BCUT2D eigenvalue weighted by Gasteiger charge is -2.36. The van der Waals surface area contributed by atoms with Crippen molar-refractivity contribution >= 4 is 5.97 Å². The molecule has 0 bridgehead atoms. The van der Waals surface area contributed by atoms with Crippen LogP contribution in [0.4, 0.5) is 0 Å². The molecule has 6 nitrogen and oxygen atoms in total. The molecule has 0 amide bonds. The smallest absolute Gasteiger partial charge is 0.330 e. The first-order chi connectivity index (χ1) is 9.93. The molecule has 1 saturated heterocycles. The van der Waals surface area contributed by atoms with Crippen molar-refractivity contribution < 1.29 is 29.2 Å². The second kappa shape index (κ2) is 9.15. The van der Waals surface area contributed by atoms with Gasteiger partial charge in [-0.25, -0.2) is 4.79 Å². The van der Waals surface area contributed by atoms with Gasteiger partial charge in [0.25, 0.3) is 0 Å². The van der Waals surface area contributed by atoms with Gasteiger partial charge in [-0.15, -0.1) is 0 Å². The minimum Gasteiger partial charge on any atom is -0.463 e. The first-order valence-corrected chi connectivity index (χ1v) is 7.44. The summed E-state index contributed by atoms with van der Waals surface area (Å²) in [6.07, 6.45) is 2.07. The molecule has 1 rings (SSSR count). The lowest BCUT2D eigenvalue weighted by atomic mass is 10.0. The van der Waals surface area contributed by atoms with E-state index < -0.39 is 18.5 Å². The van der Waals surface area contributed by atoms with E-state index in [4.69, 9.17) is 14.2 Å². The number of hydrogen-bond acceptors (Lipinski definition) is 6. The van der Waals surface area contributed by atoms with Crippen LogP contribution in [0.1, 0.15) is 40.0 Å². The van der Waals surface area contributed by atoms with Gasteiger partial charge in [0.15, 0.2) is 6.29 Å². The van der Waals surface area contributed by atoms with E-state index in [0.717, 1.165) is 0 Å². The van der Waals surface area contributed by atoms with Crippen LogP contribution in [0.5, 0.6) is 0 Å². The Hall–Kier alpha value is -0.950. The first-order valence-electron chi connectivity index (χ1n) is 7.44. The Morgan fingerprint density at radius 1 is 1.43 bits per heavy atom. The second-order valence-corrected chi connectivity index (χ2v) is 5.26. The van der Waals surface area contributed by atoms with E-state index in [-0.39, 0.29) is 24.6 Å². The maximum absolute atomic E-state index is 11.1. The molecule has 5 atom stereocenters. The zero-order valence-electron chi connectivity index (χ0n) is 12.9. The van der Waals surface area contributed by atoms with Gasteiger partial charge in [0.1, 0.15) is 6.10 Å². The van der Waals surface area contributed by atoms with E-state index in [1.54, 1.807) is 19.9 Å². The van der Waals surface area contributed by atoms with Gasteiger partial charge in [-0.05, 0) is 33.6 Å². The molecule has 122 valence electrons. The third-order valence-electron chi connectivity index (χ3n) is 3.33.